The number of piperidine rings is 1. The Labute approximate surface area is 218 Å². The molecule has 0 saturated carbocycles. The number of amides is 1. The third kappa shape index (κ3) is 4.84. The average molecular weight is 519 g/mol. The molecule has 1 aliphatic carbocycles. The van der Waals surface area contributed by atoms with Crippen molar-refractivity contribution in [3.05, 3.63) is 65.7 Å². The zero-order chi connectivity index (χ0) is 25.4. The summed E-state index contributed by atoms with van der Waals surface area (Å²) in [6.45, 7) is 2.68. The highest BCUT2D eigenvalue weighted by Gasteiger charge is 2.30. The number of aryl methyl sites for hydroxylation is 1. The van der Waals surface area contributed by atoms with Crippen LogP contribution in [-0.4, -0.2) is 49.8 Å². The van der Waals surface area contributed by atoms with Crippen LogP contribution in [0.1, 0.15) is 55.7 Å². The molecule has 8 heteroatoms. The van der Waals surface area contributed by atoms with Crippen LogP contribution in [0.2, 0.25) is 0 Å². The number of rotatable bonds is 5. The number of anilines is 1. The summed E-state index contributed by atoms with van der Waals surface area (Å²) in [6.07, 6.45) is 6.82. The number of nitrogens with zero attached hydrogens (tertiary/aromatic N) is 3. The second-order valence-electron chi connectivity index (χ2n) is 10.6. The van der Waals surface area contributed by atoms with Crippen LogP contribution in [0.25, 0.3) is 10.9 Å². The Morgan fingerprint density at radius 3 is 2.62 bits per heavy atom. The van der Waals surface area contributed by atoms with Crippen LogP contribution < -0.4 is 10.2 Å². The third-order valence-corrected chi connectivity index (χ3v) is 10.0. The van der Waals surface area contributed by atoms with Crippen molar-refractivity contribution in [1.82, 2.24) is 14.6 Å². The number of carbonyl (C=O) groups excluding carboxylic acids is 1. The van der Waals surface area contributed by atoms with Crippen molar-refractivity contribution >= 4 is 32.7 Å². The first kappa shape index (κ1) is 24.4. The highest BCUT2D eigenvalue weighted by Crippen LogP contribution is 2.31. The lowest BCUT2D eigenvalue weighted by Gasteiger charge is -2.34. The molecule has 7 nitrogen and oxygen atoms in total. The normalized spacial score (nSPS) is 22.6. The van der Waals surface area contributed by atoms with Gasteiger partial charge in [0.1, 0.15) is 5.82 Å². The molecule has 0 spiro atoms. The molecular weight excluding hydrogens is 484 g/mol. The molecule has 0 radical (unpaired) electrons. The van der Waals surface area contributed by atoms with E-state index in [2.05, 4.69) is 34.5 Å². The molecule has 2 fully saturated rings. The number of aromatic nitrogens is 1. The van der Waals surface area contributed by atoms with Crippen LogP contribution in [0.4, 0.5) is 5.82 Å². The van der Waals surface area contributed by atoms with Crippen molar-refractivity contribution in [1.29, 1.82) is 0 Å². The van der Waals surface area contributed by atoms with E-state index in [1.165, 1.54) is 11.1 Å². The maximum absolute atomic E-state index is 13.3. The van der Waals surface area contributed by atoms with E-state index in [-0.39, 0.29) is 17.9 Å². The molecule has 1 N–H and O–H groups in total. The monoisotopic (exact) mass is 518 g/mol. The van der Waals surface area contributed by atoms with E-state index in [0.717, 1.165) is 68.2 Å². The van der Waals surface area contributed by atoms with Crippen LogP contribution in [0, 0.1) is 5.92 Å². The van der Waals surface area contributed by atoms with Gasteiger partial charge in [0.2, 0.25) is 15.9 Å². The Morgan fingerprint density at radius 2 is 1.76 bits per heavy atom. The predicted octanol–water partition coefficient (Wildman–Crippen LogP) is 4.43. The van der Waals surface area contributed by atoms with Gasteiger partial charge < -0.3 is 10.2 Å². The van der Waals surface area contributed by atoms with Crippen LogP contribution in [-0.2, 0) is 21.2 Å². The Morgan fingerprint density at radius 1 is 0.919 bits per heavy atom. The van der Waals surface area contributed by atoms with Crippen molar-refractivity contribution < 1.29 is 13.2 Å². The average Bonchev–Trinajstić information content (AvgIpc) is 3.49. The second-order valence-corrected chi connectivity index (χ2v) is 12.5. The Bertz CT molecular complexity index is 1420. The standard InChI is InChI=1S/C29H34N4O3S/c34-29(31-27-11-5-8-21-7-1-2-10-25(21)27)23-9-6-16-32(20-23)28-15-12-22-19-24(13-14-26(22)30-28)37(35,36)33-17-3-4-18-33/h1-2,7,10,12-15,19,23,27H,3-6,8-9,11,16-18,20H2,(H,31,34)/t23-,27-/m0/s1. The summed E-state index contributed by atoms with van der Waals surface area (Å²) in [7, 11) is -3.46. The molecule has 37 heavy (non-hydrogen) atoms. The minimum atomic E-state index is -3.46. The van der Waals surface area contributed by atoms with Crippen molar-refractivity contribution in [3.63, 3.8) is 0 Å². The van der Waals surface area contributed by atoms with Crippen LogP contribution in [0.3, 0.4) is 0 Å². The van der Waals surface area contributed by atoms with Gasteiger partial charge in [0, 0.05) is 31.6 Å². The van der Waals surface area contributed by atoms with Crippen molar-refractivity contribution in [2.24, 2.45) is 5.92 Å². The molecule has 0 unspecified atom stereocenters. The third-order valence-electron chi connectivity index (χ3n) is 8.15. The summed E-state index contributed by atoms with van der Waals surface area (Å²) < 4.78 is 27.5. The zero-order valence-electron chi connectivity index (χ0n) is 21.1. The molecule has 3 aliphatic rings. The molecule has 2 aromatic carbocycles. The van der Waals surface area contributed by atoms with Crippen molar-refractivity contribution in [2.45, 2.75) is 55.9 Å². The van der Waals surface area contributed by atoms with Crippen LogP contribution in [0.15, 0.2) is 59.5 Å². The van der Waals surface area contributed by atoms with Gasteiger partial charge in [0.15, 0.2) is 0 Å². The molecule has 2 aliphatic heterocycles. The number of fused-ring (bicyclic) bond motifs is 2. The maximum atomic E-state index is 13.3. The van der Waals surface area contributed by atoms with E-state index in [4.69, 9.17) is 4.98 Å². The van der Waals surface area contributed by atoms with Gasteiger partial charge in [-0.3, -0.25) is 4.79 Å². The lowest BCUT2D eigenvalue weighted by Crippen LogP contribution is -2.44. The van der Waals surface area contributed by atoms with E-state index in [9.17, 15) is 13.2 Å². The number of hydrogen-bond donors (Lipinski definition) is 1. The number of pyridine rings is 1. The quantitative estimate of drug-likeness (QED) is 0.540. The summed E-state index contributed by atoms with van der Waals surface area (Å²) in [5.74, 6) is 0.889. The highest BCUT2D eigenvalue weighted by atomic mass is 32.2. The van der Waals surface area contributed by atoms with Gasteiger partial charge in [-0.05, 0) is 86.4 Å². The fourth-order valence-electron chi connectivity index (χ4n) is 6.10. The molecule has 6 rings (SSSR count). The van der Waals surface area contributed by atoms with Gasteiger partial charge >= 0.3 is 0 Å². The van der Waals surface area contributed by atoms with Gasteiger partial charge in [0.05, 0.1) is 22.4 Å². The molecule has 194 valence electrons. The first-order valence-corrected chi connectivity index (χ1v) is 15.0. The molecule has 1 aromatic heterocycles. The van der Waals surface area contributed by atoms with E-state index >= 15 is 0 Å². The smallest absolute Gasteiger partial charge is 0.243 e. The van der Waals surface area contributed by atoms with Crippen LogP contribution >= 0.6 is 0 Å². The molecule has 3 aromatic rings. The minimum Gasteiger partial charge on any atom is -0.356 e. The summed E-state index contributed by atoms with van der Waals surface area (Å²) in [5, 5.41) is 4.15. The zero-order valence-corrected chi connectivity index (χ0v) is 21.9. The van der Waals surface area contributed by atoms with Gasteiger partial charge in [-0.15, -0.1) is 0 Å². The number of benzene rings is 2. The SMILES string of the molecule is O=C(N[C@H]1CCCc2ccccc21)[C@H]1CCCN(c2ccc3cc(S(=O)(=O)N4CCCC4)ccc3n2)C1. The highest BCUT2D eigenvalue weighted by molar-refractivity contribution is 7.89. The fraction of sp³-hybridized carbons (Fsp3) is 0.448. The number of nitrogens with one attached hydrogen (secondary N) is 1. The predicted molar refractivity (Wildman–Crippen MR) is 145 cm³/mol. The molecule has 1 amide bonds. The maximum Gasteiger partial charge on any atom is 0.243 e. The van der Waals surface area contributed by atoms with E-state index in [1.807, 2.05) is 12.1 Å². The molecule has 2 atom stereocenters. The first-order valence-electron chi connectivity index (χ1n) is 13.5. The van der Waals surface area contributed by atoms with E-state index in [0.29, 0.717) is 24.5 Å². The van der Waals surface area contributed by atoms with Crippen molar-refractivity contribution in [2.75, 3.05) is 31.1 Å². The van der Waals surface area contributed by atoms with Gasteiger partial charge in [-0.25, -0.2) is 13.4 Å². The fourth-order valence-corrected chi connectivity index (χ4v) is 7.65. The minimum absolute atomic E-state index is 0.0756. The van der Waals surface area contributed by atoms with E-state index < -0.39 is 10.0 Å². The van der Waals surface area contributed by atoms with Gasteiger partial charge in [-0.2, -0.15) is 4.31 Å². The van der Waals surface area contributed by atoms with Crippen molar-refractivity contribution in [3.8, 4) is 0 Å². The summed E-state index contributed by atoms with van der Waals surface area (Å²) in [4.78, 5) is 20.7. The Hall–Kier alpha value is -2.97. The Kier molecular flexibility index (Phi) is 6.63. The molecule has 2 saturated heterocycles. The summed E-state index contributed by atoms with van der Waals surface area (Å²) in [6, 6.07) is 17.6. The van der Waals surface area contributed by atoms with Crippen LogP contribution in [0.5, 0.6) is 0 Å². The molecule has 3 heterocycles. The van der Waals surface area contributed by atoms with E-state index in [1.54, 1.807) is 22.5 Å². The summed E-state index contributed by atoms with van der Waals surface area (Å²) >= 11 is 0. The number of sulfonamides is 1. The Balaban J connectivity index is 1.16. The van der Waals surface area contributed by atoms with Gasteiger partial charge in [0.25, 0.3) is 0 Å². The lowest BCUT2D eigenvalue weighted by molar-refractivity contribution is -0.126. The van der Waals surface area contributed by atoms with Gasteiger partial charge in [-0.1, -0.05) is 24.3 Å². The lowest BCUT2D eigenvalue weighted by atomic mass is 9.87. The number of carbonyl (C=O) groups is 1. The number of hydrogen-bond acceptors (Lipinski definition) is 5. The molecule has 0 bridgehead atoms. The molecular formula is C29H34N4O3S. The second kappa shape index (κ2) is 10.1. The topological polar surface area (TPSA) is 82.6 Å². The first-order chi connectivity index (χ1) is 18.0. The largest absolute Gasteiger partial charge is 0.356 e. The summed E-state index contributed by atoms with van der Waals surface area (Å²) in [5.41, 5.74) is 3.38.